The maximum Gasteiger partial charge on any atom is 0.416 e. The molecular weight excluding hydrogens is 409 g/mol. The van der Waals surface area contributed by atoms with Crippen molar-refractivity contribution < 1.29 is 17.9 Å². The second-order valence-corrected chi connectivity index (χ2v) is 7.43. The summed E-state index contributed by atoms with van der Waals surface area (Å²) in [6, 6.07) is 6.46. The van der Waals surface area contributed by atoms with E-state index in [1.807, 2.05) is 6.08 Å². The van der Waals surface area contributed by atoms with Gasteiger partial charge in [-0.1, -0.05) is 18.2 Å². The summed E-state index contributed by atoms with van der Waals surface area (Å²) in [7, 11) is 1.64. The van der Waals surface area contributed by atoms with Crippen molar-refractivity contribution in [3.63, 3.8) is 0 Å². The Balaban J connectivity index is 1.75. The van der Waals surface area contributed by atoms with Gasteiger partial charge in [0.05, 0.1) is 24.2 Å². The molecule has 0 saturated carbocycles. The summed E-state index contributed by atoms with van der Waals surface area (Å²) in [5.41, 5.74) is 1.48. The smallest absolute Gasteiger partial charge is 0.377 e. The van der Waals surface area contributed by atoms with Crippen LogP contribution in [0, 0.1) is 0 Å². The molecule has 0 fully saturated rings. The van der Waals surface area contributed by atoms with E-state index in [-0.39, 0.29) is 5.56 Å². The number of aromatic nitrogens is 3. The first-order valence-electron chi connectivity index (χ1n) is 9.81. The predicted molar refractivity (Wildman–Crippen MR) is 112 cm³/mol. The van der Waals surface area contributed by atoms with Crippen LogP contribution in [0.15, 0.2) is 47.5 Å². The number of ether oxygens (including phenoxy) is 1. The largest absolute Gasteiger partial charge is 0.416 e. The molecule has 0 bridgehead atoms. The van der Waals surface area contributed by atoms with Crippen LogP contribution in [-0.2, 0) is 18.0 Å². The highest BCUT2D eigenvalue weighted by atomic mass is 19.4. The van der Waals surface area contributed by atoms with Crippen molar-refractivity contribution in [1.29, 1.82) is 0 Å². The molecule has 1 aliphatic rings. The topological polar surface area (TPSA) is 69.0 Å². The number of alkyl halides is 3. The Labute approximate surface area is 176 Å². The first kappa shape index (κ1) is 21.0. The number of benzene rings is 1. The van der Waals surface area contributed by atoms with E-state index in [1.165, 1.54) is 17.0 Å². The van der Waals surface area contributed by atoms with Crippen LogP contribution >= 0.6 is 0 Å². The lowest BCUT2D eigenvalue weighted by Gasteiger charge is -2.19. The van der Waals surface area contributed by atoms with Crippen molar-refractivity contribution in [2.75, 3.05) is 18.5 Å². The fourth-order valence-corrected chi connectivity index (χ4v) is 3.66. The Kier molecular flexibility index (Phi) is 5.53. The number of nitrogens with one attached hydrogen (secondary N) is 1. The van der Waals surface area contributed by atoms with Crippen molar-refractivity contribution in [2.24, 2.45) is 7.05 Å². The van der Waals surface area contributed by atoms with Crippen LogP contribution in [0.4, 0.5) is 19.0 Å². The molecule has 3 aromatic rings. The van der Waals surface area contributed by atoms with Crippen LogP contribution in [-0.4, -0.2) is 27.7 Å². The Bertz CT molecular complexity index is 1220. The molecule has 162 valence electrons. The minimum atomic E-state index is -4.41. The Morgan fingerprint density at radius 1 is 1.23 bits per heavy atom. The second-order valence-electron chi connectivity index (χ2n) is 7.43. The average Bonchev–Trinajstić information content (AvgIpc) is 2.76. The van der Waals surface area contributed by atoms with E-state index in [0.29, 0.717) is 47.6 Å². The van der Waals surface area contributed by atoms with Gasteiger partial charge in [0.2, 0.25) is 0 Å². The number of nitrogens with zero attached hydrogens (tertiary/aromatic N) is 3. The van der Waals surface area contributed by atoms with Crippen LogP contribution in [0.25, 0.3) is 16.6 Å². The minimum Gasteiger partial charge on any atom is -0.377 e. The van der Waals surface area contributed by atoms with Crippen LogP contribution in [0.3, 0.4) is 0 Å². The molecule has 0 spiro atoms. The summed E-state index contributed by atoms with van der Waals surface area (Å²) in [5.74, 6) is 0.444. The maximum atomic E-state index is 13.1. The number of rotatable bonds is 4. The number of fused-ring (bicyclic) bond motifs is 1. The van der Waals surface area contributed by atoms with Crippen molar-refractivity contribution >= 4 is 22.4 Å². The molecular formula is C22H21F3N4O2. The van der Waals surface area contributed by atoms with Crippen LogP contribution in [0.2, 0.25) is 0 Å². The van der Waals surface area contributed by atoms with Crippen LogP contribution in [0.1, 0.15) is 36.1 Å². The lowest BCUT2D eigenvalue weighted by atomic mass is 10.0. The Morgan fingerprint density at radius 3 is 2.74 bits per heavy atom. The summed E-state index contributed by atoms with van der Waals surface area (Å²) in [5, 5.41) is 3.80. The van der Waals surface area contributed by atoms with Gasteiger partial charge in [-0.25, -0.2) is 9.97 Å². The van der Waals surface area contributed by atoms with Gasteiger partial charge in [0.25, 0.3) is 5.56 Å². The van der Waals surface area contributed by atoms with Gasteiger partial charge in [0.1, 0.15) is 17.8 Å². The number of pyridine rings is 1. The summed E-state index contributed by atoms with van der Waals surface area (Å²) in [6.07, 6.45) is -0.579. The SMILES string of the molecule is C[C@@H](Nc1ncnc2c1cc(C1=CCOCC1)c(=O)n2C)c1cccc(C(F)(F)F)c1. The van der Waals surface area contributed by atoms with Gasteiger partial charge in [0, 0.05) is 18.7 Å². The molecule has 0 saturated heterocycles. The third-order valence-corrected chi connectivity index (χ3v) is 5.38. The third kappa shape index (κ3) is 4.18. The first-order chi connectivity index (χ1) is 14.8. The van der Waals surface area contributed by atoms with E-state index in [0.717, 1.165) is 17.7 Å². The zero-order valence-electron chi connectivity index (χ0n) is 17.0. The summed E-state index contributed by atoms with van der Waals surface area (Å²) >= 11 is 0. The summed E-state index contributed by atoms with van der Waals surface area (Å²) in [4.78, 5) is 21.4. The van der Waals surface area contributed by atoms with E-state index in [1.54, 1.807) is 26.1 Å². The highest BCUT2D eigenvalue weighted by Crippen LogP contribution is 2.32. The summed E-state index contributed by atoms with van der Waals surface area (Å²) < 4.78 is 46.0. The van der Waals surface area contributed by atoms with Gasteiger partial charge in [-0.3, -0.25) is 9.36 Å². The van der Waals surface area contributed by atoms with E-state index in [9.17, 15) is 18.0 Å². The standard InChI is InChI=1S/C22H21F3N4O2/c1-13(15-4-3-5-16(10-15)22(23,24)25)28-19-18-11-17(14-6-8-31-9-7-14)21(30)29(2)20(18)27-12-26-19/h3-6,10-13H,7-9H2,1-2H3,(H,26,27,28)/t13-/m1/s1. The lowest BCUT2D eigenvalue weighted by Crippen LogP contribution is -2.23. The summed E-state index contributed by atoms with van der Waals surface area (Å²) in [6.45, 7) is 2.74. The molecule has 1 atom stereocenters. The molecule has 1 aromatic carbocycles. The van der Waals surface area contributed by atoms with Gasteiger partial charge in [0.15, 0.2) is 0 Å². The zero-order valence-corrected chi connectivity index (χ0v) is 17.0. The molecule has 0 aliphatic carbocycles. The molecule has 0 radical (unpaired) electrons. The molecule has 1 N–H and O–H groups in total. The predicted octanol–water partition coefficient (Wildman–Crippen LogP) is 4.32. The number of halogens is 3. The number of hydrogen-bond donors (Lipinski definition) is 1. The van der Waals surface area contributed by atoms with Gasteiger partial charge in [-0.15, -0.1) is 0 Å². The molecule has 3 heterocycles. The fraction of sp³-hybridized carbons (Fsp3) is 0.318. The molecule has 9 heteroatoms. The van der Waals surface area contributed by atoms with Crippen molar-refractivity contribution in [3.05, 3.63) is 69.8 Å². The number of hydrogen-bond acceptors (Lipinski definition) is 5. The average molecular weight is 430 g/mol. The van der Waals surface area contributed by atoms with Gasteiger partial charge < -0.3 is 10.1 Å². The molecule has 4 rings (SSSR count). The van der Waals surface area contributed by atoms with Gasteiger partial charge in [-0.2, -0.15) is 13.2 Å². The van der Waals surface area contributed by atoms with Gasteiger partial charge in [-0.05, 0) is 42.7 Å². The normalized spacial score (nSPS) is 15.6. The molecule has 2 aromatic heterocycles. The Morgan fingerprint density at radius 2 is 2.03 bits per heavy atom. The number of anilines is 1. The maximum absolute atomic E-state index is 13.1. The molecule has 6 nitrogen and oxygen atoms in total. The molecule has 0 unspecified atom stereocenters. The van der Waals surface area contributed by atoms with Crippen LogP contribution in [0.5, 0.6) is 0 Å². The van der Waals surface area contributed by atoms with Crippen molar-refractivity contribution in [1.82, 2.24) is 14.5 Å². The highest BCUT2D eigenvalue weighted by molar-refractivity contribution is 5.89. The van der Waals surface area contributed by atoms with Gasteiger partial charge >= 0.3 is 6.18 Å². The monoisotopic (exact) mass is 430 g/mol. The minimum absolute atomic E-state index is 0.170. The lowest BCUT2D eigenvalue weighted by molar-refractivity contribution is -0.137. The van der Waals surface area contributed by atoms with E-state index in [2.05, 4.69) is 15.3 Å². The Hall–Kier alpha value is -3.20. The number of aryl methyl sites for hydroxylation is 1. The van der Waals surface area contributed by atoms with Crippen molar-refractivity contribution in [2.45, 2.75) is 25.6 Å². The second kappa shape index (κ2) is 8.14. The van der Waals surface area contributed by atoms with Crippen molar-refractivity contribution in [3.8, 4) is 0 Å². The van der Waals surface area contributed by atoms with E-state index >= 15 is 0 Å². The fourth-order valence-electron chi connectivity index (χ4n) is 3.66. The molecule has 1 aliphatic heterocycles. The third-order valence-electron chi connectivity index (χ3n) is 5.38. The highest BCUT2D eigenvalue weighted by Gasteiger charge is 2.30. The zero-order chi connectivity index (χ0) is 22.2. The first-order valence-corrected chi connectivity index (χ1v) is 9.81. The van der Waals surface area contributed by atoms with E-state index < -0.39 is 17.8 Å². The van der Waals surface area contributed by atoms with Crippen LogP contribution < -0.4 is 10.9 Å². The molecule has 31 heavy (non-hydrogen) atoms. The quantitative estimate of drug-likeness (QED) is 0.668. The van der Waals surface area contributed by atoms with E-state index in [4.69, 9.17) is 4.74 Å². The molecule has 0 amide bonds.